The predicted octanol–water partition coefficient (Wildman–Crippen LogP) is 3.22. The highest BCUT2D eigenvalue weighted by Gasteiger charge is 2.45. The second kappa shape index (κ2) is 4.58. The van der Waals surface area contributed by atoms with E-state index < -0.39 is 6.10 Å². The molecule has 2 rings (SSSR count). The molecule has 0 aromatic heterocycles. The van der Waals surface area contributed by atoms with Crippen LogP contribution in [0.1, 0.15) is 46.5 Å². The van der Waals surface area contributed by atoms with Gasteiger partial charge in [0.2, 0.25) is 0 Å². The third kappa shape index (κ3) is 2.09. The third-order valence-corrected chi connectivity index (χ3v) is 4.62. The molecule has 1 aliphatic carbocycles. The normalized spacial score (nSPS) is 36.4. The lowest BCUT2D eigenvalue weighted by atomic mass is 9.73. The minimum absolute atomic E-state index is 0.0823. The summed E-state index contributed by atoms with van der Waals surface area (Å²) < 4.78 is 6.28. The number of ether oxygens (including phenoxy) is 1. The standard InChI is InChI=1S/C15H24O2/c1-5-15(6-2)9-11(4)12-8-7-10(3)13(16)14(12)17-15/h7,12-14,16H,4-6,8-9H2,1-3H3/t12-,13+,14+/m0/s1. The number of aliphatic hydroxyl groups excluding tert-OH is 1. The Morgan fingerprint density at radius 3 is 2.71 bits per heavy atom. The molecule has 1 fully saturated rings. The number of fused-ring (bicyclic) bond motifs is 1. The van der Waals surface area contributed by atoms with Crippen LogP contribution in [0.5, 0.6) is 0 Å². The van der Waals surface area contributed by atoms with Crippen LogP contribution in [0.3, 0.4) is 0 Å². The van der Waals surface area contributed by atoms with Crippen molar-refractivity contribution in [1.82, 2.24) is 0 Å². The van der Waals surface area contributed by atoms with Crippen molar-refractivity contribution in [2.45, 2.75) is 64.3 Å². The van der Waals surface area contributed by atoms with E-state index in [0.717, 1.165) is 31.3 Å². The van der Waals surface area contributed by atoms with E-state index in [1.807, 2.05) is 6.92 Å². The zero-order chi connectivity index (χ0) is 12.6. The molecule has 2 aliphatic rings. The van der Waals surface area contributed by atoms with Crippen molar-refractivity contribution < 1.29 is 9.84 Å². The quantitative estimate of drug-likeness (QED) is 0.746. The maximum absolute atomic E-state index is 10.3. The molecule has 1 aliphatic heterocycles. The van der Waals surface area contributed by atoms with Gasteiger partial charge in [-0.2, -0.15) is 0 Å². The fourth-order valence-corrected chi connectivity index (χ4v) is 3.13. The second-order valence-corrected chi connectivity index (χ2v) is 5.54. The van der Waals surface area contributed by atoms with Gasteiger partial charge in [-0.1, -0.05) is 32.1 Å². The topological polar surface area (TPSA) is 29.5 Å². The van der Waals surface area contributed by atoms with E-state index in [-0.39, 0.29) is 11.7 Å². The molecular formula is C15H24O2. The number of aliphatic hydroxyl groups is 1. The van der Waals surface area contributed by atoms with E-state index >= 15 is 0 Å². The Kier molecular flexibility index (Phi) is 3.46. The van der Waals surface area contributed by atoms with Crippen LogP contribution in [0.2, 0.25) is 0 Å². The summed E-state index contributed by atoms with van der Waals surface area (Å²) in [5, 5.41) is 10.3. The monoisotopic (exact) mass is 236 g/mol. The smallest absolute Gasteiger partial charge is 0.101 e. The number of rotatable bonds is 2. The van der Waals surface area contributed by atoms with E-state index in [1.54, 1.807) is 0 Å². The van der Waals surface area contributed by atoms with Crippen molar-refractivity contribution in [3.63, 3.8) is 0 Å². The van der Waals surface area contributed by atoms with Crippen LogP contribution in [0, 0.1) is 5.92 Å². The van der Waals surface area contributed by atoms with Crippen molar-refractivity contribution in [1.29, 1.82) is 0 Å². The molecule has 1 saturated heterocycles. The maximum Gasteiger partial charge on any atom is 0.101 e. The van der Waals surface area contributed by atoms with Gasteiger partial charge < -0.3 is 9.84 Å². The maximum atomic E-state index is 10.3. The molecule has 0 bridgehead atoms. The Labute approximate surface area is 104 Å². The molecule has 1 heterocycles. The molecule has 0 spiro atoms. The first kappa shape index (κ1) is 12.8. The van der Waals surface area contributed by atoms with Gasteiger partial charge in [0.25, 0.3) is 0 Å². The minimum atomic E-state index is -0.455. The summed E-state index contributed by atoms with van der Waals surface area (Å²) in [7, 11) is 0. The Bertz CT molecular complexity index is 339. The zero-order valence-corrected chi connectivity index (χ0v) is 11.2. The molecule has 0 amide bonds. The van der Waals surface area contributed by atoms with Gasteiger partial charge >= 0.3 is 0 Å². The molecular weight excluding hydrogens is 212 g/mol. The first-order chi connectivity index (χ1) is 8.03. The first-order valence-electron chi connectivity index (χ1n) is 6.73. The lowest BCUT2D eigenvalue weighted by Gasteiger charge is -2.48. The molecule has 1 N–H and O–H groups in total. The van der Waals surface area contributed by atoms with Crippen molar-refractivity contribution in [2.24, 2.45) is 5.92 Å². The van der Waals surface area contributed by atoms with Gasteiger partial charge in [0, 0.05) is 5.92 Å². The van der Waals surface area contributed by atoms with E-state index in [0.29, 0.717) is 5.92 Å². The SMILES string of the molecule is C=C1CC(CC)(CC)O[C@H]2[C@H](O)C(C)=CC[C@@H]12. The van der Waals surface area contributed by atoms with Crippen LogP contribution in [-0.4, -0.2) is 22.9 Å². The summed E-state index contributed by atoms with van der Waals surface area (Å²) in [6.45, 7) is 10.5. The van der Waals surface area contributed by atoms with Crippen molar-refractivity contribution in [2.75, 3.05) is 0 Å². The summed E-state index contributed by atoms with van der Waals surface area (Å²) in [5.41, 5.74) is 2.20. The van der Waals surface area contributed by atoms with E-state index in [1.165, 1.54) is 5.57 Å². The van der Waals surface area contributed by atoms with Gasteiger partial charge in [0.15, 0.2) is 0 Å². The third-order valence-electron chi connectivity index (χ3n) is 4.62. The average molecular weight is 236 g/mol. The fraction of sp³-hybridized carbons (Fsp3) is 0.733. The summed E-state index contributed by atoms with van der Waals surface area (Å²) in [6, 6.07) is 0. The largest absolute Gasteiger partial charge is 0.386 e. The van der Waals surface area contributed by atoms with Gasteiger partial charge in [0.1, 0.15) is 6.10 Å². The Balaban J connectivity index is 2.27. The molecule has 0 aromatic rings. The molecule has 17 heavy (non-hydrogen) atoms. The zero-order valence-electron chi connectivity index (χ0n) is 11.2. The predicted molar refractivity (Wildman–Crippen MR) is 69.8 cm³/mol. The number of hydrogen-bond acceptors (Lipinski definition) is 2. The van der Waals surface area contributed by atoms with E-state index in [2.05, 4.69) is 26.5 Å². The Morgan fingerprint density at radius 2 is 2.12 bits per heavy atom. The summed E-state index contributed by atoms with van der Waals surface area (Å²) in [5.74, 6) is 0.305. The van der Waals surface area contributed by atoms with E-state index in [4.69, 9.17) is 4.74 Å². The van der Waals surface area contributed by atoms with Gasteiger partial charge in [0.05, 0.1) is 11.7 Å². The summed E-state index contributed by atoms with van der Waals surface area (Å²) >= 11 is 0. The minimum Gasteiger partial charge on any atom is -0.386 e. The molecule has 0 radical (unpaired) electrons. The lowest BCUT2D eigenvalue weighted by Crippen LogP contribution is -2.51. The van der Waals surface area contributed by atoms with Crippen molar-refractivity contribution in [3.8, 4) is 0 Å². The van der Waals surface area contributed by atoms with Crippen LogP contribution in [-0.2, 0) is 4.74 Å². The van der Waals surface area contributed by atoms with Crippen LogP contribution < -0.4 is 0 Å². The first-order valence-corrected chi connectivity index (χ1v) is 6.73. The summed E-state index contributed by atoms with van der Waals surface area (Å²) in [4.78, 5) is 0. The van der Waals surface area contributed by atoms with Gasteiger partial charge in [-0.15, -0.1) is 0 Å². The van der Waals surface area contributed by atoms with Crippen molar-refractivity contribution >= 4 is 0 Å². The van der Waals surface area contributed by atoms with Crippen LogP contribution in [0.25, 0.3) is 0 Å². The van der Waals surface area contributed by atoms with E-state index in [9.17, 15) is 5.11 Å². The van der Waals surface area contributed by atoms with Crippen LogP contribution in [0.4, 0.5) is 0 Å². The van der Waals surface area contributed by atoms with Crippen LogP contribution in [0.15, 0.2) is 23.8 Å². The number of hydrogen-bond donors (Lipinski definition) is 1. The molecule has 96 valence electrons. The fourth-order valence-electron chi connectivity index (χ4n) is 3.13. The molecule has 2 heteroatoms. The van der Waals surface area contributed by atoms with Gasteiger partial charge in [-0.05, 0) is 38.2 Å². The molecule has 2 nitrogen and oxygen atoms in total. The van der Waals surface area contributed by atoms with Crippen LogP contribution >= 0.6 is 0 Å². The summed E-state index contributed by atoms with van der Waals surface area (Å²) in [6.07, 6.45) is 5.48. The lowest BCUT2D eigenvalue weighted by molar-refractivity contribution is -0.169. The molecule has 0 saturated carbocycles. The van der Waals surface area contributed by atoms with Crippen molar-refractivity contribution in [3.05, 3.63) is 23.8 Å². The molecule has 0 unspecified atom stereocenters. The van der Waals surface area contributed by atoms with Gasteiger partial charge in [-0.25, -0.2) is 0 Å². The molecule has 0 aromatic carbocycles. The Hall–Kier alpha value is -0.600. The highest BCUT2D eigenvalue weighted by atomic mass is 16.5. The number of allylic oxidation sites excluding steroid dienone is 1. The Morgan fingerprint density at radius 1 is 1.47 bits per heavy atom. The second-order valence-electron chi connectivity index (χ2n) is 5.54. The highest BCUT2D eigenvalue weighted by Crippen LogP contribution is 2.44. The molecule has 3 atom stereocenters. The van der Waals surface area contributed by atoms with Gasteiger partial charge in [-0.3, -0.25) is 0 Å². The highest BCUT2D eigenvalue weighted by molar-refractivity contribution is 5.23. The average Bonchev–Trinajstić information content (AvgIpc) is 2.34.